The highest BCUT2D eigenvalue weighted by atomic mass is 19.4. The number of hydrogen-bond donors (Lipinski definition) is 1. The molecule has 3 nitrogen and oxygen atoms in total. The van der Waals surface area contributed by atoms with Crippen LogP contribution in [0.2, 0.25) is 0 Å². The van der Waals surface area contributed by atoms with Crippen molar-refractivity contribution in [1.82, 2.24) is 9.97 Å². The van der Waals surface area contributed by atoms with Gasteiger partial charge < -0.3 is 4.98 Å². The highest BCUT2D eigenvalue weighted by Crippen LogP contribution is 2.19. The molecule has 0 aromatic carbocycles. The lowest BCUT2D eigenvalue weighted by atomic mass is 10.3. The maximum Gasteiger partial charge on any atom is 0.456 e. The first-order valence-corrected chi connectivity index (χ1v) is 3.04. The number of carbonyl (C=O) groups excluding carboxylic acids is 1. The molecule has 0 amide bonds. The van der Waals surface area contributed by atoms with Gasteiger partial charge in [-0.25, -0.2) is 4.98 Å². The predicted octanol–water partition coefficient (Wildman–Crippen LogP) is 1.46. The van der Waals surface area contributed by atoms with E-state index in [1.54, 1.807) is 0 Å². The maximum absolute atomic E-state index is 11.7. The zero-order valence-electron chi connectivity index (χ0n) is 6.07. The minimum absolute atomic E-state index is 0.280. The molecule has 0 saturated heterocycles. The van der Waals surface area contributed by atoms with Gasteiger partial charge in [-0.1, -0.05) is 0 Å². The first-order valence-electron chi connectivity index (χ1n) is 3.04. The number of carbonyl (C=O) groups is 1. The van der Waals surface area contributed by atoms with Crippen molar-refractivity contribution in [1.29, 1.82) is 0 Å². The van der Waals surface area contributed by atoms with Crippen molar-refractivity contribution in [3.63, 3.8) is 0 Å². The van der Waals surface area contributed by atoms with Gasteiger partial charge in [0.05, 0.1) is 6.20 Å². The average Bonchev–Trinajstić information content (AvgIpc) is 2.32. The van der Waals surface area contributed by atoms with Crippen LogP contribution in [0.5, 0.6) is 0 Å². The zero-order valence-corrected chi connectivity index (χ0v) is 6.07. The summed E-state index contributed by atoms with van der Waals surface area (Å²) >= 11 is 0. The molecule has 1 rings (SSSR count). The molecule has 1 aromatic rings. The number of imidazole rings is 1. The van der Waals surface area contributed by atoms with Gasteiger partial charge in [0.25, 0.3) is 5.78 Å². The van der Waals surface area contributed by atoms with Crippen LogP contribution in [0.15, 0.2) is 6.20 Å². The molecule has 66 valence electrons. The average molecular weight is 178 g/mol. The van der Waals surface area contributed by atoms with Gasteiger partial charge in [-0.2, -0.15) is 13.2 Å². The maximum atomic E-state index is 11.7. The van der Waals surface area contributed by atoms with Crippen molar-refractivity contribution in [3.8, 4) is 0 Å². The summed E-state index contributed by atoms with van der Waals surface area (Å²) in [5.41, 5.74) is -0.528. The molecule has 0 saturated carbocycles. The molecule has 0 aliphatic rings. The Morgan fingerprint density at radius 2 is 2.17 bits per heavy atom. The number of rotatable bonds is 1. The van der Waals surface area contributed by atoms with E-state index in [2.05, 4.69) is 9.97 Å². The Hall–Kier alpha value is -1.33. The quantitative estimate of drug-likeness (QED) is 0.661. The number of nitrogens with zero attached hydrogens (tertiary/aromatic N) is 1. The molecule has 12 heavy (non-hydrogen) atoms. The molecular formula is C6H5F3N2O. The number of alkyl halides is 3. The highest BCUT2D eigenvalue weighted by molar-refractivity contribution is 5.98. The van der Waals surface area contributed by atoms with E-state index < -0.39 is 17.7 Å². The van der Waals surface area contributed by atoms with E-state index in [4.69, 9.17) is 0 Å². The molecular weight excluding hydrogens is 173 g/mol. The number of aromatic amines is 1. The first-order chi connectivity index (χ1) is 5.41. The smallest absolute Gasteiger partial charge is 0.340 e. The Morgan fingerprint density at radius 1 is 1.58 bits per heavy atom. The summed E-state index contributed by atoms with van der Waals surface area (Å²) in [6.45, 7) is 1.47. The zero-order chi connectivity index (χ0) is 9.35. The summed E-state index contributed by atoms with van der Waals surface area (Å²) in [6, 6.07) is 0. The van der Waals surface area contributed by atoms with Crippen molar-refractivity contribution >= 4 is 5.78 Å². The summed E-state index contributed by atoms with van der Waals surface area (Å²) in [4.78, 5) is 16.2. The predicted molar refractivity (Wildman–Crippen MR) is 33.7 cm³/mol. The van der Waals surface area contributed by atoms with Crippen molar-refractivity contribution in [3.05, 3.63) is 17.7 Å². The van der Waals surface area contributed by atoms with Gasteiger partial charge in [-0.15, -0.1) is 0 Å². The molecule has 0 atom stereocenters. The van der Waals surface area contributed by atoms with Gasteiger partial charge >= 0.3 is 6.18 Å². The third-order valence-electron chi connectivity index (χ3n) is 1.20. The lowest BCUT2D eigenvalue weighted by Gasteiger charge is -2.00. The topological polar surface area (TPSA) is 45.8 Å². The molecule has 0 aliphatic carbocycles. The van der Waals surface area contributed by atoms with E-state index >= 15 is 0 Å². The fourth-order valence-electron chi connectivity index (χ4n) is 0.689. The monoisotopic (exact) mass is 178 g/mol. The van der Waals surface area contributed by atoms with E-state index in [1.165, 1.54) is 6.92 Å². The molecule has 0 bridgehead atoms. The second-order valence-electron chi connectivity index (χ2n) is 2.21. The third-order valence-corrected chi connectivity index (χ3v) is 1.20. The highest BCUT2D eigenvalue weighted by Gasteiger charge is 2.40. The van der Waals surface area contributed by atoms with Gasteiger partial charge in [0.15, 0.2) is 0 Å². The Balaban J connectivity index is 2.93. The van der Waals surface area contributed by atoms with E-state index in [9.17, 15) is 18.0 Å². The Bertz CT molecular complexity index is 302. The molecule has 0 radical (unpaired) electrons. The van der Waals surface area contributed by atoms with Gasteiger partial charge in [0.1, 0.15) is 11.5 Å². The van der Waals surface area contributed by atoms with Crippen LogP contribution in [-0.4, -0.2) is 21.9 Å². The van der Waals surface area contributed by atoms with Crippen molar-refractivity contribution in [2.75, 3.05) is 0 Å². The van der Waals surface area contributed by atoms with Crippen LogP contribution in [0.1, 0.15) is 16.3 Å². The van der Waals surface area contributed by atoms with E-state index in [0.29, 0.717) is 0 Å². The summed E-state index contributed by atoms with van der Waals surface area (Å²) < 4.78 is 35.2. The van der Waals surface area contributed by atoms with Crippen LogP contribution in [0.4, 0.5) is 13.2 Å². The molecule has 6 heteroatoms. The minimum atomic E-state index is -4.83. The molecule has 1 heterocycles. The Kier molecular flexibility index (Phi) is 1.91. The van der Waals surface area contributed by atoms with Crippen molar-refractivity contribution in [2.24, 2.45) is 0 Å². The molecule has 1 N–H and O–H groups in total. The molecule has 0 spiro atoms. The second kappa shape index (κ2) is 2.62. The van der Waals surface area contributed by atoms with Crippen LogP contribution < -0.4 is 0 Å². The first kappa shape index (κ1) is 8.76. The SMILES string of the molecule is Cc1ncc(C(=O)C(F)(F)F)[nH]1. The number of halogens is 3. The molecule has 0 aliphatic heterocycles. The number of hydrogen-bond acceptors (Lipinski definition) is 2. The normalized spacial score (nSPS) is 11.7. The van der Waals surface area contributed by atoms with Crippen molar-refractivity contribution < 1.29 is 18.0 Å². The lowest BCUT2D eigenvalue weighted by Crippen LogP contribution is -2.22. The largest absolute Gasteiger partial charge is 0.456 e. The number of ketones is 1. The fraction of sp³-hybridized carbons (Fsp3) is 0.333. The van der Waals surface area contributed by atoms with Gasteiger partial charge in [0.2, 0.25) is 0 Å². The third kappa shape index (κ3) is 1.63. The molecule has 0 unspecified atom stereocenters. The Morgan fingerprint density at radius 3 is 2.50 bits per heavy atom. The second-order valence-corrected chi connectivity index (χ2v) is 2.21. The number of aromatic nitrogens is 2. The van der Waals surface area contributed by atoms with Crippen LogP contribution in [0.3, 0.4) is 0 Å². The van der Waals surface area contributed by atoms with E-state index in [0.717, 1.165) is 6.20 Å². The summed E-state index contributed by atoms with van der Waals surface area (Å²) in [7, 11) is 0. The van der Waals surface area contributed by atoms with Gasteiger partial charge in [-0.05, 0) is 6.92 Å². The van der Waals surface area contributed by atoms with E-state index in [1.807, 2.05) is 0 Å². The lowest BCUT2D eigenvalue weighted by molar-refractivity contribution is -0.0888. The number of aryl methyl sites for hydroxylation is 1. The Labute approximate surface area is 65.6 Å². The van der Waals surface area contributed by atoms with E-state index in [-0.39, 0.29) is 5.82 Å². The molecule has 0 fully saturated rings. The number of Topliss-reactive ketones (excluding diaryl/α,β-unsaturated/α-hetero) is 1. The van der Waals surface area contributed by atoms with Crippen LogP contribution in [-0.2, 0) is 0 Å². The fourth-order valence-corrected chi connectivity index (χ4v) is 0.689. The summed E-state index contributed by atoms with van der Waals surface area (Å²) in [6.07, 6.45) is -3.97. The number of H-pyrrole nitrogens is 1. The molecule has 1 aromatic heterocycles. The van der Waals surface area contributed by atoms with Crippen LogP contribution in [0.25, 0.3) is 0 Å². The number of nitrogens with one attached hydrogen (secondary N) is 1. The van der Waals surface area contributed by atoms with Crippen molar-refractivity contribution in [2.45, 2.75) is 13.1 Å². The van der Waals surface area contributed by atoms with Gasteiger partial charge in [-0.3, -0.25) is 4.79 Å². The summed E-state index contributed by atoms with van der Waals surface area (Å²) in [5.74, 6) is -1.62. The van der Waals surface area contributed by atoms with Gasteiger partial charge in [0, 0.05) is 0 Å². The van der Waals surface area contributed by atoms with Crippen LogP contribution in [0, 0.1) is 6.92 Å². The standard InChI is InChI=1S/C6H5F3N2O/c1-3-10-2-4(11-3)5(12)6(7,8)9/h2H,1H3,(H,10,11). The van der Waals surface area contributed by atoms with Crippen LogP contribution >= 0.6 is 0 Å². The summed E-state index contributed by atoms with van der Waals surface area (Å²) in [5, 5.41) is 0. The minimum Gasteiger partial charge on any atom is -0.340 e.